The molecule has 0 radical (unpaired) electrons. The van der Waals surface area contributed by atoms with Crippen LogP contribution in [0.1, 0.15) is 5.56 Å². The van der Waals surface area contributed by atoms with Gasteiger partial charge in [0.25, 0.3) is 0 Å². The number of aryl methyl sites for hydroxylation is 1. The molecule has 0 amide bonds. The van der Waals surface area contributed by atoms with E-state index in [-0.39, 0.29) is 0 Å². The zero-order valence-electron chi connectivity index (χ0n) is 10.3. The van der Waals surface area contributed by atoms with E-state index < -0.39 is 0 Å². The third kappa shape index (κ3) is 3.91. The van der Waals surface area contributed by atoms with Crippen LogP contribution in [0.25, 0.3) is 0 Å². The lowest BCUT2D eigenvalue weighted by molar-refractivity contribution is 0.0410. The molecule has 1 aliphatic rings. The summed E-state index contributed by atoms with van der Waals surface area (Å²) < 4.78 is 5.33. The Bertz CT molecular complexity index is 364. The quantitative estimate of drug-likeness (QED) is 0.657. The summed E-state index contributed by atoms with van der Waals surface area (Å²) in [5.41, 5.74) is 7.96. The van der Waals surface area contributed by atoms with Crippen molar-refractivity contribution in [2.45, 2.75) is 11.8 Å². The van der Waals surface area contributed by atoms with Crippen LogP contribution in [0.15, 0.2) is 23.1 Å². The fourth-order valence-electron chi connectivity index (χ4n) is 1.88. The van der Waals surface area contributed by atoms with Crippen molar-refractivity contribution >= 4 is 17.4 Å². The van der Waals surface area contributed by atoms with Gasteiger partial charge in [-0.1, -0.05) is 6.07 Å². The van der Waals surface area contributed by atoms with E-state index in [1.54, 1.807) is 0 Å². The molecule has 1 aliphatic heterocycles. The highest BCUT2D eigenvalue weighted by molar-refractivity contribution is 7.99. The second-order valence-corrected chi connectivity index (χ2v) is 5.46. The number of thioether (sulfide) groups is 1. The summed E-state index contributed by atoms with van der Waals surface area (Å²) in [4.78, 5) is 3.76. The number of morpholine rings is 1. The summed E-state index contributed by atoms with van der Waals surface area (Å²) in [6, 6.07) is 6.12. The van der Waals surface area contributed by atoms with Crippen LogP contribution in [0.2, 0.25) is 0 Å². The molecule has 4 heteroatoms. The maximum atomic E-state index is 5.80. The monoisotopic (exact) mass is 252 g/mol. The van der Waals surface area contributed by atoms with Gasteiger partial charge < -0.3 is 10.5 Å². The van der Waals surface area contributed by atoms with Crippen molar-refractivity contribution in [3.8, 4) is 0 Å². The molecule has 94 valence electrons. The minimum absolute atomic E-state index is 0.851. The van der Waals surface area contributed by atoms with Gasteiger partial charge in [-0.05, 0) is 24.6 Å². The van der Waals surface area contributed by atoms with Gasteiger partial charge in [0.05, 0.1) is 13.2 Å². The fraction of sp³-hybridized carbons (Fsp3) is 0.538. The van der Waals surface area contributed by atoms with Gasteiger partial charge in [0, 0.05) is 36.0 Å². The third-order valence-corrected chi connectivity index (χ3v) is 4.12. The van der Waals surface area contributed by atoms with Crippen LogP contribution < -0.4 is 5.73 Å². The molecule has 2 rings (SSSR count). The number of hydrogen-bond acceptors (Lipinski definition) is 4. The molecular weight excluding hydrogens is 232 g/mol. The van der Waals surface area contributed by atoms with E-state index in [2.05, 4.69) is 24.0 Å². The molecule has 17 heavy (non-hydrogen) atoms. The molecule has 0 atom stereocenters. The number of nitrogen functional groups attached to an aromatic ring is 1. The van der Waals surface area contributed by atoms with E-state index in [1.165, 1.54) is 10.5 Å². The Kier molecular flexibility index (Phi) is 4.71. The zero-order valence-corrected chi connectivity index (χ0v) is 11.1. The van der Waals surface area contributed by atoms with E-state index in [0.29, 0.717) is 0 Å². The van der Waals surface area contributed by atoms with E-state index in [9.17, 15) is 0 Å². The van der Waals surface area contributed by atoms with Gasteiger partial charge in [-0.2, -0.15) is 0 Å². The molecule has 1 heterocycles. The molecule has 0 aliphatic carbocycles. The first-order chi connectivity index (χ1) is 8.25. The Balaban J connectivity index is 1.79. The summed E-state index contributed by atoms with van der Waals surface area (Å²) in [5.74, 6) is 1.12. The normalized spacial score (nSPS) is 17.2. The summed E-state index contributed by atoms with van der Waals surface area (Å²) in [6.07, 6.45) is 0. The Hall–Kier alpha value is -0.710. The lowest BCUT2D eigenvalue weighted by atomic mass is 10.2. The summed E-state index contributed by atoms with van der Waals surface area (Å²) >= 11 is 1.89. The topological polar surface area (TPSA) is 38.5 Å². The zero-order chi connectivity index (χ0) is 12.1. The number of ether oxygens (including phenoxy) is 1. The number of nitrogens with zero attached hydrogens (tertiary/aromatic N) is 1. The number of benzene rings is 1. The minimum Gasteiger partial charge on any atom is -0.399 e. The van der Waals surface area contributed by atoms with Crippen LogP contribution >= 0.6 is 11.8 Å². The SMILES string of the molecule is Cc1ccc(N)cc1SCCN1CCOCC1. The van der Waals surface area contributed by atoms with Crippen molar-refractivity contribution in [2.75, 3.05) is 44.3 Å². The molecule has 1 aromatic rings. The van der Waals surface area contributed by atoms with Crippen LogP contribution in [-0.4, -0.2) is 43.5 Å². The lowest BCUT2D eigenvalue weighted by Gasteiger charge is -2.26. The first-order valence-corrected chi connectivity index (χ1v) is 7.03. The first-order valence-electron chi connectivity index (χ1n) is 6.05. The van der Waals surface area contributed by atoms with Crippen LogP contribution in [0.3, 0.4) is 0 Å². The van der Waals surface area contributed by atoms with Gasteiger partial charge >= 0.3 is 0 Å². The van der Waals surface area contributed by atoms with Crippen molar-refractivity contribution in [2.24, 2.45) is 0 Å². The van der Waals surface area contributed by atoms with Crippen molar-refractivity contribution < 1.29 is 4.74 Å². The van der Waals surface area contributed by atoms with Crippen molar-refractivity contribution in [3.63, 3.8) is 0 Å². The van der Waals surface area contributed by atoms with Gasteiger partial charge in [0.2, 0.25) is 0 Å². The number of hydrogen-bond donors (Lipinski definition) is 1. The highest BCUT2D eigenvalue weighted by Gasteiger charge is 2.09. The van der Waals surface area contributed by atoms with E-state index in [1.807, 2.05) is 17.8 Å². The molecule has 0 aromatic heterocycles. The van der Waals surface area contributed by atoms with Crippen LogP contribution in [-0.2, 0) is 4.74 Å². The van der Waals surface area contributed by atoms with Gasteiger partial charge in [-0.25, -0.2) is 0 Å². The Morgan fingerprint density at radius 2 is 2.12 bits per heavy atom. The number of anilines is 1. The molecule has 0 bridgehead atoms. The second kappa shape index (κ2) is 6.28. The standard InChI is InChI=1S/C13H20N2OS/c1-11-2-3-12(14)10-13(11)17-9-6-15-4-7-16-8-5-15/h2-3,10H,4-9,14H2,1H3. The molecule has 0 saturated carbocycles. The third-order valence-electron chi connectivity index (χ3n) is 2.98. The minimum atomic E-state index is 0.851. The number of nitrogens with two attached hydrogens (primary N) is 1. The lowest BCUT2D eigenvalue weighted by Crippen LogP contribution is -2.37. The van der Waals surface area contributed by atoms with Crippen LogP contribution in [0.4, 0.5) is 5.69 Å². The molecule has 1 aromatic carbocycles. The fourth-order valence-corrected chi connectivity index (χ4v) is 2.97. The van der Waals surface area contributed by atoms with Gasteiger partial charge in [0.1, 0.15) is 0 Å². The molecule has 0 unspecified atom stereocenters. The predicted molar refractivity (Wildman–Crippen MR) is 73.6 cm³/mol. The maximum Gasteiger partial charge on any atom is 0.0594 e. The summed E-state index contributed by atoms with van der Waals surface area (Å²) in [5, 5.41) is 0. The van der Waals surface area contributed by atoms with Crippen LogP contribution in [0.5, 0.6) is 0 Å². The Labute approximate surface area is 107 Å². The average molecular weight is 252 g/mol. The Morgan fingerprint density at radius 3 is 2.88 bits per heavy atom. The molecule has 3 nitrogen and oxygen atoms in total. The second-order valence-electron chi connectivity index (χ2n) is 4.33. The smallest absolute Gasteiger partial charge is 0.0594 e. The van der Waals surface area contributed by atoms with Crippen molar-refractivity contribution in [1.29, 1.82) is 0 Å². The molecule has 1 saturated heterocycles. The summed E-state index contributed by atoms with van der Waals surface area (Å²) in [7, 11) is 0. The van der Waals surface area contributed by atoms with Gasteiger partial charge in [-0.3, -0.25) is 4.90 Å². The Morgan fingerprint density at radius 1 is 1.35 bits per heavy atom. The largest absolute Gasteiger partial charge is 0.399 e. The number of rotatable bonds is 4. The molecule has 1 fully saturated rings. The van der Waals surface area contributed by atoms with E-state index in [4.69, 9.17) is 10.5 Å². The molecular formula is C13H20N2OS. The van der Waals surface area contributed by atoms with Crippen molar-refractivity contribution in [3.05, 3.63) is 23.8 Å². The average Bonchev–Trinajstić information content (AvgIpc) is 2.35. The van der Waals surface area contributed by atoms with E-state index >= 15 is 0 Å². The first kappa shape index (κ1) is 12.7. The predicted octanol–water partition coefficient (Wildman–Crippen LogP) is 2.00. The maximum absolute atomic E-state index is 5.80. The van der Waals surface area contributed by atoms with Gasteiger partial charge in [-0.15, -0.1) is 11.8 Å². The highest BCUT2D eigenvalue weighted by Crippen LogP contribution is 2.24. The highest BCUT2D eigenvalue weighted by atomic mass is 32.2. The van der Waals surface area contributed by atoms with Gasteiger partial charge in [0.15, 0.2) is 0 Å². The van der Waals surface area contributed by atoms with E-state index in [0.717, 1.165) is 44.3 Å². The van der Waals surface area contributed by atoms with Crippen LogP contribution in [0, 0.1) is 6.92 Å². The summed E-state index contributed by atoms with van der Waals surface area (Å²) in [6.45, 7) is 7.15. The molecule has 2 N–H and O–H groups in total. The van der Waals surface area contributed by atoms with Crippen molar-refractivity contribution in [1.82, 2.24) is 4.90 Å². The molecule has 0 spiro atoms.